The number of nitrogens with zero attached hydrogens (tertiary/aromatic N) is 3. The van der Waals surface area contributed by atoms with Gasteiger partial charge < -0.3 is 10.0 Å². The first-order valence-electron chi connectivity index (χ1n) is 10.6. The Morgan fingerprint density at radius 3 is 2.06 bits per heavy atom. The first kappa shape index (κ1) is 22.7. The van der Waals surface area contributed by atoms with Crippen LogP contribution in [0.15, 0.2) is 78.4 Å². The minimum absolute atomic E-state index is 0.0722. The number of non-ortho nitro benzene ring substituents is 1. The number of Topliss-reactive ketones (excluding diaryl/α,β-unsaturated/α-hetero) is 1. The lowest BCUT2D eigenvalue weighted by molar-refractivity contribution is -0.384. The topological polar surface area (TPSA) is 104 Å². The van der Waals surface area contributed by atoms with Crippen molar-refractivity contribution in [3.63, 3.8) is 0 Å². The van der Waals surface area contributed by atoms with Crippen LogP contribution in [0, 0.1) is 17.0 Å². The average molecular weight is 457 g/mol. The molecule has 0 saturated carbocycles. The van der Waals surface area contributed by atoms with Gasteiger partial charge in [-0.05, 0) is 48.9 Å². The SMILES string of the molecule is Cc1ccc(N2C(=O)C(=O)/C(=C(\O)c3ccc([N+](=O)[O-])cc3)C2c2ccc(N(C)C)cc2)cc1. The minimum atomic E-state index is -0.867. The second kappa shape index (κ2) is 8.82. The quantitative estimate of drug-likeness (QED) is 0.198. The fraction of sp³-hybridized carbons (Fsp3) is 0.154. The number of benzene rings is 3. The number of rotatable bonds is 5. The van der Waals surface area contributed by atoms with Gasteiger partial charge in [-0.15, -0.1) is 0 Å². The number of nitro groups is 1. The number of hydrogen-bond acceptors (Lipinski definition) is 6. The maximum atomic E-state index is 13.2. The van der Waals surface area contributed by atoms with Crippen LogP contribution in [-0.2, 0) is 9.59 Å². The van der Waals surface area contributed by atoms with Crippen LogP contribution < -0.4 is 9.80 Å². The molecule has 1 heterocycles. The van der Waals surface area contributed by atoms with Gasteiger partial charge in [0.25, 0.3) is 17.4 Å². The number of carbonyl (C=O) groups is 2. The molecule has 4 rings (SSSR count). The van der Waals surface area contributed by atoms with E-state index in [0.29, 0.717) is 11.3 Å². The largest absolute Gasteiger partial charge is 0.507 e. The number of amides is 1. The predicted octanol–water partition coefficient (Wildman–Crippen LogP) is 4.60. The molecule has 1 saturated heterocycles. The van der Waals surface area contributed by atoms with E-state index in [-0.39, 0.29) is 22.6 Å². The Morgan fingerprint density at radius 2 is 1.53 bits per heavy atom. The standard InChI is InChI=1S/C26H23N3O5/c1-16-4-10-20(11-5-16)28-23(17-6-12-19(13-7-17)27(2)3)22(25(31)26(28)32)24(30)18-8-14-21(15-9-18)29(33)34/h4-15,23,30H,1-3H3/b24-22-. The summed E-state index contributed by atoms with van der Waals surface area (Å²) in [6, 6.07) is 18.9. The van der Waals surface area contributed by atoms with Crippen molar-refractivity contribution in [1.29, 1.82) is 0 Å². The summed E-state index contributed by atoms with van der Waals surface area (Å²) in [5.41, 5.74) is 3.10. The number of hydrogen-bond donors (Lipinski definition) is 1. The van der Waals surface area contributed by atoms with Crippen LogP contribution in [0.5, 0.6) is 0 Å². The fourth-order valence-corrected chi connectivity index (χ4v) is 3.97. The molecule has 1 aliphatic heterocycles. The number of aliphatic hydroxyl groups excluding tert-OH is 1. The lowest BCUT2D eigenvalue weighted by Gasteiger charge is -2.26. The van der Waals surface area contributed by atoms with E-state index in [2.05, 4.69) is 0 Å². The van der Waals surface area contributed by atoms with Gasteiger partial charge in [0.05, 0.1) is 16.5 Å². The summed E-state index contributed by atoms with van der Waals surface area (Å²) in [6.07, 6.45) is 0. The third-order valence-electron chi connectivity index (χ3n) is 5.83. The molecule has 0 aliphatic carbocycles. The monoisotopic (exact) mass is 457 g/mol. The van der Waals surface area contributed by atoms with E-state index in [1.54, 1.807) is 12.1 Å². The van der Waals surface area contributed by atoms with Crippen LogP contribution in [-0.4, -0.2) is 35.8 Å². The van der Waals surface area contributed by atoms with Crippen LogP contribution in [0.2, 0.25) is 0 Å². The van der Waals surface area contributed by atoms with Gasteiger partial charge in [-0.3, -0.25) is 24.6 Å². The zero-order valence-electron chi connectivity index (χ0n) is 18.9. The van der Waals surface area contributed by atoms with E-state index in [4.69, 9.17) is 0 Å². The van der Waals surface area contributed by atoms with Gasteiger partial charge in [-0.25, -0.2) is 0 Å². The van der Waals surface area contributed by atoms with Gasteiger partial charge in [-0.2, -0.15) is 0 Å². The fourth-order valence-electron chi connectivity index (χ4n) is 3.97. The van der Waals surface area contributed by atoms with E-state index >= 15 is 0 Å². The Kier molecular flexibility index (Phi) is 5.89. The summed E-state index contributed by atoms with van der Waals surface area (Å²) in [5.74, 6) is -1.96. The maximum Gasteiger partial charge on any atom is 0.300 e. The number of aliphatic hydroxyl groups is 1. The first-order chi connectivity index (χ1) is 16.2. The molecule has 172 valence electrons. The molecule has 34 heavy (non-hydrogen) atoms. The first-order valence-corrected chi connectivity index (χ1v) is 10.6. The molecular formula is C26H23N3O5. The van der Waals surface area contributed by atoms with Gasteiger partial charge >= 0.3 is 0 Å². The average Bonchev–Trinajstić information content (AvgIpc) is 3.09. The molecule has 1 aliphatic rings. The molecule has 0 bridgehead atoms. The van der Waals surface area contributed by atoms with Crippen molar-refractivity contribution in [3.8, 4) is 0 Å². The Labute approximate surface area is 196 Å². The highest BCUT2D eigenvalue weighted by Gasteiger charge is 2.47. The van der Waals surface area contributed by atoms with Crippen LogP contribution in [0.4, 0.5) is 17.1 Å². The van der Waals surface area contributed by atoms with E-state index < -0.39 is 22.7 Å². The molecule has 0 spiro atoms. The molecule has 0 radical (unpaired) electrons. The second-order valence-electron chi connectivity index (χ2n) is 8.29. The van der Waals surface area contributed by atoms with Crippen LogP contribution in [0.1, 0.15) is 22.7 Å². The molecule has 1 unspecified atom stereocenters. The number of nitro benzene ring substituents is 1. The van der Waals surface area contributed by atoms with Crippen molar-refractivity contribution in [2.75, 3.05) is 23.9 Å². The van der Waals surface area contributed by atoms with Crippen molar-refractivity contribution in [2.45, 2.75) is 13.0 Å². The minimum Gasteiger partial charge on any atom is -0.507 e. The summed E-state index contributed by atoms with van der Waals surface area (Å²) < 4.78 is 0. The molecule has 3 aromatic rings. The van der Waals surface area contributed by atoms with E-state index in [9.17, 15) is 24.8 Å². The van der Waals surface area contributed by atoms with Crippen molar-refractivity contribution in [3.05, 3.63) is 105 Å². The molecule has 1 fully saturated rings. The number of carbonyl (C=O) groups excluding carboxylic acids is 2. The summed E-state index contributed by atoms with van der Waals surface area (Å²) in [4.78, 5) is 40.1. The third-order valence-corrected chi connectivity index (χ3v) is 5.83. The van der Waals surface area contributed by atoms with Crippen molar-refractivity contribution < 1.29 is 19.6 Å². The van der Waals surface area contributed by atoms with Gasteiger partial charge in [0, 0.05) is 43.2 Å². The van der Waals surface area contributed by atoms with Crippen molar-refractivity contribution in [1.82, 2.24) is 0 Å². The normalized spacial score (nSPS) is 17.1. The maximum absolute atomic E-state index is 13.2. The van der Waals surface area contributed by atoms with Gasteiger partial charge in [0.1, 0.15) is 5.76 Å². The summed E-state index contributed by atoms with van der Waals surface area (Å²) in [7, 11) is 3.81. The Balaban J connectivity index is 1.90. The van der Waals surface area contributed by atoms with Crippen molar-refractivity contribution >= 4 is 34.5 Å². The summed E-state index contributed by atoms with van der Waals surface area (Å²) >= 11 is 0. The highest BCUT2D eigenvalue weighted by Crippen LogP contribution is 2.42. The second-order valence-corrected chi connectivity index (χ2v) is 8.29. The van der Waals surface area contributed by atoms with Gasteiger partial charge in [-0.1, -0.05) is 29.8 Å². The molecular weight excluding hydrogens is 434 g/mol. The number of anilines is 2. The molecule has 1 atom stereocenters. The highest BCUT2D eigenvalue weighted by molar-refractivity contribution is 6.51. The van der Waals surface area contributed by atoms with E-state index in [0.717, 1.165) is 11.3 Å². The molecule has 1 N–H and O–H groups in total. The lowest BCUT2D eigenvalue weighted by atomic mass is 9.94. The summed E-state index contributed by atoms with van der Waals surface area (Å²) in [6.45, 7) is 1.92. The zero-order chi connectivity index (χ0) is 24.6. The number of aryl methyl sites for hydroxylation is 1. The Bertz CT molecular complexity index is 1290. The predicted molar refractivity (Wildman–Crippen MR) is 130 cm³/mol. The Morgan fingerprint density at radius 1 is 0.941 bits per heavy atom. The van der Waals surface area contributed by atoms with Crippen LogP contribution >= 0.6 is 0 Å². The van der Waals surface area contributed by atoms with Gasteiger partial charge in [0.2, 0.25) is 0 Å². The third kappa shape index (κ3) is 4.01. The van der Waals surface area contributed by atoms with Crippen LogP contribution in [0.3, 0.4) is 0 Å². The van der Waals surface area contributed by atoms with Crippen molar-refractivity contribution in [2.24, 2.45) is 0 Å². The molecule has 3 aromatic carbocycles. The van der Waals surface area contributed by atoms with Crippen LogP contribution in [0.25, 0.3) is 5.76 Å². The lowest BCUT2D eigenvalue weighted by Crippen LogP contribution is -2.29. The molecule has 8 heteroatoms. The number of ketones is 1. The Hall–Kier alpha value is -4.46. The molecule has 0 aromatic heterocycles. The van der Waals surface area contributed by atoms with E-state index in [1.807, 2.05) is 62.3 Å². The molecule has 1 amide bonds. The summed E-state index contributed by atoms with van der Waals surface area (Å²) in [5, 5.41) is 22.1. The zero-order valence-corrected chi connectivity index (χ0v) is 18.9. The van der Waals surface area contributed by atoms with E-state index in [1.165, 1.54) is 29.2 Å². The smallest absolute Gasteiger partial charge is 0.300 e. The highest BCUT2D eigenvalue weighted by atomic mass is 16.6. The van der Waals surface area contributed by atoms with Gasteiger partial charge in [0.15, 0.2) is 0 Å². The molecule has 8 nitrogen and oxygen atoms in total.